The fourth-order valence-corrected chi connectivity index (χ4v) is 3.82. The lowest BCUT2D eigenvalue weighted by Gasteiger charge is -2.25. The van der Waals surface area contributed by atoms with Crippen LogP contribution in [0.1, 0.15) is 17.2 Å². The Balaban J connectivity index is 1.92. The molecule has 0 spiro atoms. The highest BCUT2D eigenvalue weighted by molar-refractivity contribution is 9.10. The molecule has 0 aromatic heterocycles. The number of aliphatic hydroxyl groups excluding tert-OH is 1. The lowest BCUT2D eigenvalue weighted by atomic mass is 9.95. The van der Waals surface area contributed by atoms with Gasteiger partial charge in [-0.3, -0.25) is 14.5 Å². The highest BCUT2D eigenvalue weighted by Gasteiger charge is 2.46. The third kappa shape index (κ3) is 3.50. The fourth-order valence-electron chi connectivity index (χ4n) is 3.55. The van der Waals surface area contributed by atoms with Gasteiger partial charge in [0.1, 0.15) is 11.5 Å². The molecular formula is C24H18BrNO4. The molecule has 3 aromatic rings. The molecular weight excluding hydrogens is 446 g/mol. The van der Waals surface area contributed by atoms with Crippen molar-refractivity contribution >= 4 is 39.1 Å². The number of Topliss-reactive ketones (excluding diaryl/α,β-unsaturated/α-hetero) is 1. The summed E-state index contributed by atoms with van der Waals surface area (Å²) >= 11 is 3.39. The Labute approximate surface area is 182 Å². The monoisotopic (exact) mass is 463 g/mol. The van der Waals surface area contributed by atoms with Crippen LogP contribution in [0.4, 0.5) is 5.69 Å². The molecule has 0 bridgehead atoms. The minimum absolute atomic E-state index is 0.0549. The summed E-state index contributed by atoms with van der Waals surface area (Å²) in [4.78, 5) is 27.5. The molecule has 6 heteroatoms. The maximum absolute atomic E-state index is 13.0. The highest BCUT2D eigenvalue weighted by Crippen LogP contribution is 2.42. The van der Waals surface area contributed by atoms with Gasteiger partial charge in [0.05, 0.1) is 18.7 Å². The molecule has 30 heavy (non-hydrogen) atoms. The predicted molar refractivity (Wildman–Crippen MR) is 118 cm³/mol. The van der Waals surface area contributed by atoms with Gasteiger partial charge in [-0.1, -0.05) is 58.4 Å². The lowest BCUT2D eigenvalue weighted by Crippen LogP contribution is -2.29. The van der Waals surface area contributed by atoms with E-state index in [1.807, 2.05) is 6.07 Å². The molecule has 5 nitrogen and oxygen atoms in total. The summed E-state index contributed by atoms with van der Waals surface area (Å²) < 4.78 is 6.08. The van der Waals surface area contributed by atoms with Crippen molar-refractivity contribution < 1.29 is 19.4 Å². The Bertz CT molecular complexity index is 1120. The van der Waals surface area contributed by atoms with Gasteiger partial charge in [0, 0.05) is 15.7 Å². The normalized spacial score (nSPS) is 17.9. The molecule has 0 aliphatic carbocycles. The van der Waals surface area contributed by atoms with E-state index in [4.69, 9.17) is 4.74 Å². The number of carbonyl (C=O) groups excluding carboxylic acids is 2. The fraction of sp³-hybridized carbons (Fsp3) is 0.0833. The molecule has 0 radical (unpaired) electrons. The number of hydrogen-bond acceptors (Lipinski definition) is 4. The van der Waals surface area contributed by atoms with E-state index in [2.05, 4.69) is 15.9 Å². The Morgan fingerprint density at radius 3 is 2.17 bits per heavy atom. The van der Waals surface area contributed by atoms with Gasteiger partial charge in [0.2, 0.25) is 0 Å². The first-order valence-electron chi connectivity index (χ1n) is 9.27. The quantitative estimate of drug-likeness (QED) is 0.332. The van der Waals surface area contributed by atoms with E-state index in [9.17, 15) is 14.7 Å². The van der Waals surface area contributed by atoms with Gasteiger partial charge in [0.25, 0.3) is 11.7 Å². The van der Waals surface area contributed by atoms with Crippen LogP contribution in [0.5, 0.6) is 5.75 Å². The number of hydrogen-bond donors (Lipinski definition) is 1. The lowest BCUT2D eigenvalue weighted by molar-refractivity contribution is -0.132. The van der Waals surface area contributed by atoms with Gasteiger partial charge in [-0.05, 0) is 42.0 Å². The van der Waals surface area contributed by atoms with Crippen molar-refractivity contribution in [2.24, 2.45) is 0 Å². The number of carbonyl (C=O) groups is 2. The van der Waals surface area contributed by atoms with Crippen molar-refractivity contribution in [2.45, 2.75) is 6.04 Å². The van der Waals surface area contributed by atoms with E-state index >= 15 is 0 Å². The zero-order valence-corrected chi connectivity index (χ0v) is 17.7. The van der Waals surface area contributed by atoms with E-state index in [1.54, 1.807) is 79.9 Å². The molecule has 1 aliphatic heterocycles. The largest absolute Gasteiger partial charge is 0.507 e. The molecule has 1 N–H and O–H groups in total. The minimum Gasteiger partial charge on any atom is -0.507 e. The van der Waals surface area contributed by atoms with Crippen LogP contribution in [-0.2, 0) is 9.59 Å². The second-order valence-corrected chi connectivity index (χ2v) is 7.70. The first-order valence-corrected chi connectivity index (χ1v) is 10.1. The number of aliphatic hydroxyl groups is 1. The first-order chi connectivity index (χ1) is 14.5. The molecule has 0 unspecified atom stereocenters. The molecule has 3 aromatic carbocycles. The summed E-state index contributed by atoms with van der Waals surface area (Å²) in [6.07, 6.45) is 0. The van der Waals surface area contributed by atoms with E-state index in [0.717, 1.165) is 4.47 Å². The van der Waals surface area contributed by atoms with Gasteiger partial charge in [0.15, 0.2) is 0 Å². The van der Waals surface area contributed by atoms with Crippen molar-refractivity contribution in [1.82, 2.24) is 0 Å². The van der Waals surface area contributed by atoms with E-state index in [0.29, 0.717) is 22.6 Å². The summed E-state index contributed by atoms with van der Waals surface area (Å²) in [6, 6.07) is 22.2. The molecule has 1 heterocycles. The number of methoxy groups -OCH3 is 1. The van der Waals surface area contributed by atoms with E-state index in [1.165, 1.54) is 4.90 Å². The second kappa shape index (κ2) is 8.16. The van der Waals surface area contributed by atoms with Crippen molar-refractivity contribution in [3.8, 4) is 5.75 Å². The highest BCUT2D eigenvalue weighted by atomic mass is 79.9. The van der Waals surface area contributed by atoms with E-state index in [-0.39, 0.29) is 11.3 Å². The zero-order valence-electron chi connectivity index (χ0n) is 16.1. The number of halogens is 1. The minimum atomic E-state index is -0.766. The number of ether oxygens (including phenoxy) is 1. The van der Waals surface area contributed by atoms with Gasteiger partial charge < -0.3 is 9.84 Å². The Hall–Kier alpha value is -3.38. The Kier molecular flexibility index (Phi) is 5.42. The molecule has 1 atom stereocenters. The van der Waals surface area contributed by atoms with Crippen LogP contribution in [0.2, 0.25) is 0 Å². The standard InChI is InChI=1S/C24H18BrNO4/c1-30-19-13-7-15(8-14-19)21-20(22(27)16-5-3-2-4-6-16)23(28)24(29)26(21)18-11-9-17(25)10-12-18/h2-14,21,27H,1H3/t21-/m0/s1. The summed E-state index contributed by atoms with van der Waals surface area (Å²) in [7, 11) is 1.57. The maximum atomic E-state index is 13.0. The topological polar surface area (TPSA) is 66.8 Å². The van der Waals surface area contributed by atoms with Gasteiger partial charge in [-0.2, -0.15) is 0 Å². The third-order valence-corrected chi connectivity index (χ3v) is 5.56. The molecule has 4 rings (SSSR count). The van der Waals surface area contributed by atoms with Crippen LogP contribution < -0.4 is 9.64 Å². The Morgan fingerprint density at radius 2 is 1.57 bits per heavy atom. The number of benzene rings is 3. The van der Waals surface area contributed by atoms with Gasteiger partial charge in [-0.25, -0.2) is 0 Å². The molecule has 1 amide bonds. The smallest absolute Gasteiger partial charge is 0.300 e. The van der Waals surface area contributed by atoms with Crippen LogP contribution in [0.15, 0.2) is 88.9 Å². The molecule has 0 saturated carbocycles. The van der Waals surface area contributed by atoms with Crippen LogP contribution in [0, 0.1) is 0 Å². The molecule has 1 fully saturated rings. The average molecular weight is 464 g/mol. The van der Waals surface area contributed by atoms with Crippen molar-refractivity contribution in [2.75, 3.05) is 12.0 Å². The summed E-state index contributed by atoms with van der Waals surface area (Å²) in [5, 5.41) is 11.0. The van der Waals surface area contributed by atoms with Gasteiger partial charge in [-0.15, -0.1) is 0 Å². The predicted octanol–water partition coefficient (Wildman–Crippen LogP) is 5.08. The molecule has 150 valence electrons. The summed E-state index contributed by atoms with van der Waals surface area (Å²) in [5.41, 5.74) is 1.78. The first kappa shape index (κ1) is 19.9. The number of anilines is 1. The van der Waals surface area contributed by atoms with Crippen LogP contribution in [-0.4, -0.2) is 23.9 Å². The van der Waals surface area contributed by atoms with Crippen LogP contribution >= 0.6 is 15.9 Å². The summed E-state index contributed by atoms with van der Waals surface area (Å²) in [5.74, 6) is -0.951. The molecule has 1 saturated heterocycles. The molecule has 1 aliphatic rings. The number of nitrogens with zero attached hydrogens (tertiary/aromatic N) is 1. The van der Waals surface area contributed by atoms with Crippen LogP contribution in [0.25, 0.3) is 5.76 Å². The SMILES string of the molecule is COc1ccc([C@H]2C(=C(O)c3ccccc3)C(=O)C(=O)N2c2ccc(Br)cc2)cc1. The third-order valence-electron chi connectivity index (χ3n) is 5.03. The van der Waals surface area contributed by atoms with Crippen LogP contribution in [0.3, 0.4) is 0 Å². The van der Waals surface area contributed by atoms with E-state index < -0.39 is 17.7 Å². The van der Waals surface area contributed by atoms with Gasteiger partial charge >= 0.3 is 0 Å². The average Bonchev–Trinajstić information content (AvgIpc) is 3.05. The maximum Gasteiger partial charge on any atom is 0.300 e. The second-order valence-electron chi connectivity index (χ2n) is 6.78. The number of ketones is 1. The number of rotatable bonds is 4. The van der Waals surface area contributed by atoms with Crippen molar-refractivity contribution in [3.63, 3.8) is 0 Å². The van der Waals surface area contributed by atoms with Crippen molar-refractivity contribution in [1.29, 1.82) is 0 Å². The Morgan fingerprint density at radius 1 is 0.933 bits per heavy atom. The summed E-state index contributed by atoms with van der Waals surface area (Å²) in [6.45, 7) is 0. The number of amides is 1. The van der Waals surface area contributed by atoms with Crippen molar-refractivity contribution in [3.05, 3.63) is 100 Å². The zero-order chi connectivity index (χ0) is 21.3.